The maximum Gasteiger partial charge on any atom is 0.322 e. The molecule has 2 aromatic heterocycles. The molecule has 22 heavy (non-hydrogen) atoms. The Labute approximate surface area is 129 Å². The Kier molecular flexibility index (Phi) is 4.06. The van der Waals surface area contributed by atoms with Gasteiger partial charge in [0.2, 0.25) is 0 Å². The molecule has 110 valence electrons. The summed E-state index contributed by atoms with van der Waals surface area (Å²) in [7, 11) is 0. The third-order valence-electron chi connectivity index (χ3n) is 2.67. The molecule has 1 aromatic carbocycles. The van der Waals surface area contributed by atoms with Gasteiger partial charge in [0.15, 0.2) is 11.6 Å². The Morgan fingerprint density at radius 3 is 2.59 bits per heavy atom. The number of nitrogens with one attached hydrogen (secondary N) is 1. The minimum atomic E-state index is -0.499. The standard InChI is InChI=1S/C15H10FN3O2S/c16-11-4-1-2-5-12(11)21-15-17-8-10(9-18-15)19-14(20)13-6-3-7-22-13/h1-9H,(H,19,20). The predicted molar refractivity (Wildman–Crippen MR) is 80.8 cm³/mol. The van der Waals surface area contributed by atoms with Crippen molar-refractivity contribution in [1.29, 1.82) is 0 Å². The van der Waals surface area contributed by atoms with E-state index >= 15 is 0 Å². The second-order valence-electron chi connectivity index (χ2n) is 4.22. The first-order valence-corrected chi connectivity index (χ1v) is 7.19. The van der Waals surface area contributed by atoms with E-state index in [1.807, 2.05) is 5.38 Å². The summed E-state index contributed by atoms with van der Waals surface area (Å²) in [6.45, 7) is 0. The monoisotopic (exact) mass is 315 g/mol. The second-order valence-corrected chi connectivity index (χ2v) is 5.17. The van der Waals surface area contributed by atoms with Crippen molar-refractivity contribution in [3.05, 3.63) is 64.9 Å². The highest BCUT2D eigenvalue weighted by molar-refractivity contribution is 7.12. The SMILES string of the molecule is O=C(Nc1cnc(Oc2ccccc2F)nc1)c1cccs1. The Bertz CT molecular complexity index is 776. The van der Waals surface area contributed by atoms with Crippen LogP contribution in [0.5, 0.6) is 11.8 Å². The molecule has 7 heteroatoms. The predicted octanol–water partition coefficient (Wildman–Crippen LogP) is 3.72. The molecule has 0 atom stereocenters. The van der Waals surface area contributed by atoms with Crippen LogP contribution in [0.2, 0.25) is 0 Å². The first-order valence-electron chi connectivity index (χ1n) is 6.31. The molecule has 0 bridgehead atoms. The van der Waals surface area contributed by atoms with Crippen molar-refractivity contribution in [2.24, 2.45) is 0 Å². The summed E-state index contributed by atoms with van der Waals surface area (Å²) in [6, 6.07) is 9.48. The molecule has 0 spiro atoms. The minimum absolute atomic E-state index is 0.000720. The van der Waals surface area contributed by atoms with Gasteiger partial charge >= 0.3 is 6.01 Å². The molecular formula is C15H10FN3O2S. The van der Waals surface area contributed by atoms with Crippen LogP contribution in [0, 0.1) is 5.82 Å². The van der Waals surface area contributed by atoms with Crippen molar-refractivity contribution in [2.45, 2.75) is 0 Å². The maximum atomic E-state index is 13.4. The molecule has 3 aromatic rings. The van der Waals surface area contributed by atoms with Crippen LogP contribution in [0.25, 0.3) is 0 Å². The van der Waals surface area contributed by atoms with Crippen LogP contribution in [-0.4, -0.2) is 15.9 Å². The second kappa shape index (κ2) is 6.31. The van der Waals surface area contributed by atoms with Gasteiger partial charge in [-0.15, -0.1) is 11.3 Å². The van der Waals surface area contributed by atoms with Crippen LogP contribution in [0.3, 0.4) is 0 Å². The van der Waals surface area contributed by atoms with E-state index in [2.05, 4.69) is 15.3 Å². The molecule has 0 radical (unpaired) electrons. The number of carbonyl (C=O) groups is 1. The zero-order valence-electron chi connectivity index (χ0n) is 11.2. The third kappa shape index (κ3) is 3.26. The van der Waals surface area contributed by atoms with Gasteiger partial charge in [0.05, 0.1) is 23.0 Å². The Morgan fingerprint density at radius 1 is 1.14 bits per heavy atom. The number of thiophene rings is 1. The zero-order valence-corrected chi connectivity index (χ0v) is 12.0. The first-order chi connectivity index (χ1) is 10.7. The summed E-state index contributed by atoms with van der Waals surface area (Å²) in [5.74, 6) is -0.694. The smallest absolute Gasteiger partial charge is 0.322 e. The molecule has 0 aliphatic heterocycles. The number of carbonyl (C=O) groups excluding carboxylic acids is 1. The van der Waals surface area contributed by atoms with Gasteiger partial charge in [-0.1, -0.05) is 18.2 Å². The van der Waals surface area contributed by atoms with E-state index in [1.54, 1.807) is 24.3 Å². The normalized spacial score (nSPS) is 10.2. The Balaban J connectivity index is 1.68. The number of anilines is 1. The van der Waals surface area contributed by atoms with E-state index in [-0.39, 0.29) is 17.7 Å². The van der Waals surface area contributed by atoms with Crippen molar-refractivity contribution in [2.75, 3.05) is 5.32 Å². The van der Waals surface area contributed by atoms with Crippen LogP contribution in [-0.2, 0) is 0 Å². The van der Waals surface area contributed by atoms with Gasteiger partial charge in [-0.05, 0) is 23.6 Å². The number of hydrogen-bond acceptors (Lipinski definition) is 5. The topological polar surface area (TPSA) is 64.1 Å². The van der Waals surface area contributed by atoms with Crippen LogP contribution in [0.15, 0.2) is 54.2 Å². The number of rotatable bonds is 4. The number of nitrogens with zero attached hydrogens (tertiary/aromatic N) is 2. The molecule has 0 aliphatic rings. The molecular weight excluding hydrogens is 305 g/mol. The number of para-hydroxylation sites is 1. The fourth-order valence-electron chi connectivity index (χ4n) is 1.66. The van der Waals surface area contributed by atoms with Gasteiger partial charge in [0.1, 0.15) is 0 Å². The molecule has 0 aliphatic carbocycles. The molecule has 0 fully saturated rings. The fraction of sp³-hybridized carbons (Fsp3) is 0. The number of halogens is 1. The average Bonchev–Trinajstić information content (AvgIpc) is 3.06. The molecule has 2 heterocycles. The number of benzene rings is 1. The summed E-state index contributed by atoms with van der Waals surface area (Å²) < 4.78 is 18.7. The van der Waals surface area contributed by atoms with E-state index in [9.17, 15) is 9.18 Å². The van der Waals surface area contributed by atoms with Gasteiger partial charge < -0.3 is 10.1 Å². The molecule has 3 rings (SSSR count). The summed E-state index contributed by atoms with van der Waals surface area (Å²) in [4.78, 5) is 20.3. The van der Waals surface area contributed by atoms with Gasteiger partial charge in [-0.25, -0.2) is 14.4 Å². The summed E-state index contributed by atoms with van der Waals surface area (Å²) >= 11 is 1.34. The highest BCUT2D eigenvalue weighted by Gasteiger charge is 2.09. The van der Waals surface area contributed by atoms with Crippen LogP contribution in [0.1, 0.15) is 9.67 Å². The maximum absolute atomic E-state index is 13.4. The Morgan fingerprint density at radius 2 is 1.91 bits per heavy atom. The quantitative estimate of drug-likeness (QED) is 0.797. The first kappa shape index (κ1) is 14.2. The van der Waals surface area contributed by atoms with Crippen molar-refractivity contribution in [3.63, 3.8) is 0 Å². The number of amides is 1. The highest BCUT2D eigenvalue weighted by atomic mass is 32.1. The number of aromatic nitrogens is 2. The van der Waals surface area contributed by atoms with E-state index in [0.29, 0.717) is 10.6 Å². The lowest BCUT2D eigenvalue weighted by molar-refractivity contribution is 0.103. The van der Waals surface area contributed by atoms with Gasteiger partial charge in [-0.2, -0.15) is 0 Å². The molecule has 0 saturated carbocycles. The van der Waals surface area contributed by atoms with E-state index in [1.165, 1.54) is 35.9 Å². The molecule has 0 unspecified atom stereocenters. The fourth-order valence-corrected chi connectivity index (χ4v) is 2.28. The van der Waals surface area contributed by atoms with Crippen molar-refractivity contribution in [1.82, 2.24) is 9.97 Å². The van der Waals surface area contributed by atoms with E-state index < -0.39 is 5.82 Å². The molecule has 1 amide bonds. The summed E-state index contributed by atoms with van der Waals surface area (Å²) in [6.07, 6.45) is 2.80. The van der Waals surface area contributed by atoms with Crippen molar-refractivity contribution in [3.8, 4) is 11.8 Å². The average molecular weight is 315 g/mol. The van der Waals surface area contributed by atoms with Crippen molar-refractivity contribution < 1.29 is 13.9 Å². The van der Waals surface area contributed by atoms with Crippen LogP contribution in [0.4, 0.5) is 10.1 Å². The lowest BCUT2D eigenvalue weighted by Gasteiger charge is -2.06. The summed E-state index contributed by atoms with van der Waals surface area (Å²) in [5, 5.41) is 4.48. The van der Waals surface area contributed by atoms with E-state index in [4.69, 9.17) is 4.74 Å². The van der Waals surface area contributed by atoms with Gasteiger partial charge in [0, 0.05) is 0 Å². The molecule has 1 N–H and O–H groups in total. The van der Waals surface area contributed by atoms with Crippen molar-refractivity contribution >= 4 is 22.9 Å². The molecule has 5 nitrogen and oxygen atoms in total. The summed E-state index contributed by atoms with van der Waals surface area (Å²) in [5.41, 5.74) is 0.430. The highest BCUT2D eigenvalue weighted by Crippen LogP contribution is 2.21. The Hall–Kier alpha value is -2.80. The lowest BCUT2D eigenvalue weighted by Crippen LogP contribution is -2.10. The minimum Gasteiger partial charge on any atom is -0.421 e. The zero-order chi connectivity index (χ0) is 15.4. The molecule has 0 saturated heterocycles. The largest absolute Gasteiger partial charge is 0.421 e. The van der Waals surface area contributed by atoms with Gasteiger partial charge in [-0.3, -0.25) is 4.79 Å². The number of hydrogen-bond donors (Lipinski definition) is 1. The third-order valence-corrected chi connectivity index (χ3v) is 3.54. The van der Waals surface area contributed by atoms with Crippen LogP contribution >= 0.6 is 11.3 Å². The van der Waals surface area contributed by atoms with Crippen LogP contribution < -0.4 is 10.1 Å². The number of ether oxygens (including phenoxy) is 1. The lowest BCUT2D eigenvalue weighted by atomic mass is 10.3. The van der Waals surface area contributed by atoms with Gasteiger partial charge in [0.25, 0.3) is 5.91 Å². The van der Waals surface area contributed by atoms with E-state index in [0.717, 1.165) is 0 Å².